The SMILES string of the molecule is CC(C)(NCc1c(Cl)cccc1Cl)C(N)c1ccnc2cc(Cl)ccc12. The van der Waals surface area contributed by atoms with Crippen LogP contribution >= 0.6 is 34.8 Å². The first-order valence-electron chi connectivity index (χ1n) is 8.27. The molecule has 1 heterocycles. The van der Waals surface area contributed by atoms with Gasteiger partial charge in [-0.2, -0.15) is 0 Å². The molecule has 6 heteroatoms. The molecule has 0 bridgehead atoms. The van der Waals surface area contributed by atoms with E-state index < -0.39 is 5.54 Å². The maximum Gasteiger partial charge on any atom is 0.0720 e. The number of nitrogens with one attached hydrogen (secondary N) is 1. The molecule has 1 aromatic heterocycles. The fourth-order valence-corrected chi connectivity index (χ4v) is 3.63. The summed E-state index contributed by atoms with van der Waals surface area (Å²) < 4.78 is 0. The number of fused-ring (bicyclic) bond motifs is 1. The van der Waals surface area contributed by atoms with Gasteiger partial charge < -0.3 is 11.1 Å². The molecule has 0 aliphatic rings. The zero-order valence-electron chi connectivity index (χ0n) is 14.6. The van der Waals surface area contributed by atoms with Gasteiger partial charge in [0.1, 0.15) is 0 Å². The Hall–Kier alpha value is -1.36. The first kappa shape index (κ1) is 19.4. The Morgan fingerprint density at radius 3 is 2.46 bits per heavy atom. The third-order valence-electron chi connectivity index (χ3n) is 4.63. The van der Waals surface area contributed by atoms with Crippen molar-refractivity contribution in [1.82, 2.24) is 10.3 Å². The second kappa shape index (κ2) is 7.71. The first-order valence-corrected chi connectivity index (χ1v) is 9.40. The van der Waals surface area contributed by atoms with Gasteiger partial charge in [0, 0.05) is 50.3 Å². The lowest BCUT2D eigenvalue weighted by atomic mass is 9.87. The molecular weight excluding hydrogens is 389 g/mol. The van der Waals surface area contributed by atoms with Crippen LogP contribution in [0.5, 0.6) is 0 Å². The van der Waals surface area contributed by atoms with E-state index in [1.165, 1.54) is 0 Å². The van der Waals surface area contributed by atoms with Crippen LogP contribution in [-0.4, -0.2) is 10.5 Å². The minimum Gasteiger partial charge on any atom is -0.322 e. The van der Waals surface area contributed by atoms with Gasteiger partial charge >= 0.3 is 0 Å². The van der Waals surface area contributed by atoms with E-state index >= 15 is 0 Å². The van der Waals surface area contributed by atoms with Gasteiger partial charge in [0.25, 0.3) is 0 Å². The average Bonchev–Trinajstić information content (AvgIpc) is 2.59. The fourth-order valence-electron chi connectivity index (χ4n) is 2.93. The highest BCUT2D eigenvalue weighted by Gasteiger charge is 2.29. The molecule has 0 aliphatic heterocycles. The first-order chi connectivity index (χ1) is 12.3. The van der Waals surface area contributed by atoms with Crippen molar-refractivity contribution in [3.05, 3.63) is 74.9 Å². The minimum atomic E-state index is -0.406. The van der Waals surface area contributed by atoms with Crippen LogP contribution in [0.25, 0.3) is 10.9 Å². The largest absolute Gasteiger partial charge is 0.322 e. The lowest BCUT2D eigenvalue weighted by Crippen LogP contribution is -2.48. The molecule has 3 aromatic rings. The van der Waals surface area contributed by atoms with Crippen molar-refractivity contribution in [2.24, 2.45) is 5.73 Å². The van der Waals surface area contributed by atoms with E-state index in [-0.39, 0.29) is 6.04 Å². The number of benzene rings is 2. The molecule has 26 heavy (non-hydrogen) atoms. The highest BCUT2D eigenvalue weighted by Crippen LogP contribution is 2.31. The number of nitrogens with two attached hydrogens (primary N) is 1. The second-order valence-electron chi connectivity index (χ2n) is 6.81. The highest BCUT2D eigenvalue weighted by atomic mass is 35.5. The van der Waals surface area contributed by atoms with E-state index in [1.807, 2.05) is 42.5 Å². The zero-order chi connectivity index (χ0) is 18.9. The summed E-state index contributed by atoms with van der Waals surface area (Å²) in [6.07, 6.45) is 1.76. The molecular formula is C20H20Cl3N3. The van der Waals surface area contributed by atoms with Crippen molar-refractivity contribution in [1.29, 1.82) is 0 Å². The minimum absolute atomic E-state index is 0.268. The van der Waals surface area contributed by atoms with E-state index in [1.54, 1.807) is 6.20 Å². The Morgan fingerprint density at radius 2 is 1.77 bits per heavy atom. The molecule has 0 radical (unpaired) electrons. The molecule has 136 valence electrons. The van der Waals surface area contributed by atoms with Gasteiger partial charge in [-0.1, -0.05) is 46.9 Å². The molecule has 3 rings (SSSR count). The van der Waals surface area contributed by atoms with E-state index in [0.29, 0.717) is 21.6 Å². The molecule has 0 saturated carbocycles. The molecule has 0 aliphatic carbocycles. The van der Waals surface area contributed by atoms with Crippen molar-refractivity contribution in [3.8, 4) is 0 Å². The summed E-state index contributed by atoms with van der Waals surface area (Å²) in [7, 11) is 0. The molecule has 1 atom stereocenters. The van der Waals surface area contributed by atoms with Gasteiger partial charge in [-0.05, 0) is 49.7 Å². The van der Waals surface area contributed by atoms with Crippen LogP contribution in [0, 0.1) is 0 Å². The Kier molecular flexibility index (Phi) is 5.75. The molecule has 3 N–H and O–H groups in total. The van der Waals surface area contributed by atoms with E-state index in [9.17, 15) is 0 Å². The maximum absolute atomic E-state index is 6.63. The molecule has 0 saturated heterocycles. The number of aromatic nitrogens is 1. The third kappa shape index (κ3) is 3.98. The highest BCUT2D eigenvalue weighted by molar-refractivity contribution is 6.36. The van der Waals surface area contributed by atoms with Gasteiger partial charge in [0.05, 0.1) is 5.52 Å². The molecule has 3 nitrogen and oxygen atoms in total. The summed E-state index contributed by atoms with van der Waals surface area (Å²) in [5.74, 6) is 0. The monoisotopic (exact) mass is 407 g/mol. The zero-order valence-corrected chi connectivity index (χ0v) is 16.8. The van der Waals surface area contributed by atoms with Gasteiger partial charge in [0.15, 0.2) is 0 Å². The standard InChI is InChI=1S/C20H20Cl3N3/c1-20(2,26-11-15-16(22)4-3-5-17(15)23)19(24)14-8-9-25-18-10-12(21)6-7-13(14)18/h3-10,19,26H,11,24H2,1-2H3. The number of nitrogens with zero attached hydrogens (tertiary/aromatic N) is 1. The van der Waals surface area contributed by atoms with Gasteiger partial charge in [-0.3, -0.25) is 4.98 Å². The second-order valence-corrected chi connectivity index (χ2v) is 8.07. The molecule has 1 unspecified atom stereocenters. The Labute approximate surface area is 168 Å². The number of halogens is 3. The number of hydrogen-bond donors (Lipinski definition) is 2. The van der Waals surface area contributed by atoms with Crippen molar-refractivity contribution in [2.45, 2.75) is 32.0 Å². The normalized spacial score (nSPS) is 13.2. The van der Waals surface area contributed by atoms with E-state index in [2.05, 4.69) is 24.1 Å². The summed E-state index contributed by atoms with van der Waals surface area (Å²) in [6.45, 7) is 4.64. The van der Waals surface area contributed by atoms with Crippen molar-refractivity contribution in [3.63, 3.8) is 0 Å². The van der Waals surface area contributed by atoms with Crippen molar-refractivity contribution in [2.75, 3.05) is 0 Å². The lowest BCUT2D eigenvalue weighted by Gasteiger charge is -2.34. The molecule has 0 spiro atoms. The van der Waals surface area contributed by atoms with Gasteiger partial charge in [-0.25, -0.2) is 0 Å². The predicted molar refractivity (Wildman–Crippen MR) is 111 cm³/mol. The quantitative estimate of drug-likeness (QED) is 0.564. The van der Waals surface area contributed by atoms with Crippen molar-refractivity contribution < 1.29 is 0 Å². The fraction of sp³-hybridized carbons (Fsp3) is 0.250. The summed E-state index contributed by atoms with van der Waals surface area (Å²) in [5.41, 5.74) is 8.92. The number of hydrogen-bond acceptors (Lipinski definition) is 3. The summed E-state index contributed by atoms with van der Waals surface area (Å²) in [6, 6.07) is 12.8. The average molecular weight is 409 g/mol. The summed E-state index contributed by atoms with van der Waals surface area (Å²) >= 11 is 18.6. The van der Waals surface area contributed by atoms with Gasteiger partial charge in [0.2, 0.25) is 0 Å². The number of rotatable bonds is 5. The van der Waals surface area contributed by atoms with Crippen LogP contribution in [0.4, 0.5) is 0 Å². The van der Waals surface area contributed by atoms with Crippen LogP contribution in [0.3, 0.4) is 0 Å². The molecule has 0 fully saturated rings. The van der Waals surface area contributed by atoms with E-state index in [0.717, 1.165) is 22.0 Å². The van der Waals surface area contributed by atoms with Crippen LogP contribution in [0.2, 0.25) is 15.1 Å². The maximum atomic E-state index is 6.63. The van der Waals surface area contributed by atoms with Crippen LogP contribution in [0.1, 0.15) is 31.0 Å². The van der Waals surface area contributed by atoms with Gasteiger partial charge in [-0.15, -0.1) is 0 Å². The Morgan fingerprint density at radius 1 is 1.08 bits per heavy atom. The smallest absolute Gasteiger partial charge is 0.0720 e. The van der Waals surface area contributed by atoms with Crippen molar-refractivity contribution >= 4 is 45.7 Å². The van der Waals surface area contributed by atoms with E-state index in [4.69, 9.17) is 40.5 Å². The predicted octanol–water partition coefficient (Wildman–Crippen LogP) is 5.76. The summed E-state index contributed by atoms with van der Waals surface area (Å²) in [5, 5.41) is 6.42. The Bertz CT molecular complexity index is 920. The van der Waals surface area contributed by atoms with Crippen LogP contribution in [0.15, 0.2) is 48.7 Å². The van der Waals surface area contributed by atoms with Crippen LogP contribution < -0.4 is 11.1 Å². The molecule has 0 amide bonds. The number of pyridine rings is 1. The summed E-state index contributed by atoms with van der Waals surface area (Å²) in [4.78, 5) is 4.39. The molecule has 2 aromatic carbocycles. The van der Waals surface area contributed by atoms with Crippen LogP contribution in [-0.2, 0) is 6.54 Å². The third-order valence-corrected chi connectivity index (χ3v) is 5.58. The lowest BCUT2D eigenvalue weighted by molar-refractivity contribution is 0.322. The topological polar surface area (TPSA) is 50.9 Å². The Balaban J connectivity index is 1.87.